The molecule has 0 spiro atoms. The van der Waals surface area contributed by atoms with Gasteiger partial charge in [-0.15, -0.1) is 5.10 Å². The van der Waals surface area contributed by atoms with E-state index in [0.29, 0.717) is 31.4 Å². The molecule has 0 radical (unpaired) electrons. The number of aromatic nitrogens is 2. The van der Waals surface area contributed by atoms with E-state index in [0.717, 1.165) is 28.3 Å². The summed E-state index contributed by atoms with van der Waals surface area (Å²) in [4.78, 5) is 52.2. The number of nitrogens with zero attached hydrogens (tertiary/aromatic N) is 2. The standard InChI is InChI=1S/C30H38N4O5/c1-18(2)15-25(26(35)29-33-34(17-19(3)4)30(38)39-29)32-28(37)23-11-7-8-12-24(23)31-27(36)22-14-13-20-9-5-6-10-21(20)16-22/h5-6,9-10,13-14,16,18-19,23-25H,7-8,11-12,15,17H2,1-4H3,(H,31,36)(H,32,37)/t23-,24+,25+/m1/s1. The molecule has 4 rings (SSSR count). The number of carbonyl (C=O) groups is 3. The minimum absolute atomic E-state index is 0.0958. The minimum atomic E-state index is -0.887. The van der Waals surface area contributed by atoms with Crippen LogP contribution in [0, 0.1) is 17.8 Å². The number of hydrogen-bond donors (Lipinski definition) is 2. The lowest BCUT2D eigenvalue weighted by Gasteiger charge is -2.32. The van der Waals surface area contributed by atoms with E-state index in [2.05, 4.69) is 15.7 Å². The summed E-state index contributed by atoms with van der Waals surface area (Å²) in [5.74, 6) is -2.25. The third kappa shape index (κ3) is 7.02. The zero-order valence-electron chi connectivity index (χ0n) is 23.1. The topological polar surface area (TPSA) is 123 Å². The van der Waals surface area contributed by atoms with Crippen molar-refractivity contribution in [2.75, 3.05) is 0 Å². The van der Waals surface area contributed by atoms with Crippen molar-refractivity contribution in [2.24, 2.45) is 17.8 Å². The molecule has 208 valence electrons. The summed E-state index contributed by atoms with van der Waals surface area (Å²) in [6.07, 6.45) is 3.41. The second-order valence-corrected chi connectivity index (χ2v) is 11.3. The first-order valence-corrected chi connectivity index (χ1v) is 13.8. The third-order valence-electron chi connectivity index (χ3n) is 7.13. The van der Waals surface area contributed by atoms with Crippen LogP contribution < -0.4 is 16.4 Å². The Morgan fingerprint density at radius 2 is 1.72 bits per heavy atom. The maximum Gasteiger partial charge on any atom is 0.437 e. The van der Waals surface area contributed by atoms with Gasteiger partial charge in [-0.25, -0.2) is 4.79 Å². The Kier molecular flexibility index (Phi) is 8.99. The number of fused-ring (bicyclic) bond motifs is 1. The molecule has 1 aliphatic rings. The van der Waals surface area contributed by atoms with Gasteiger partial charge >= 0.3 is 5.76 Å². The monoisotopic (exact) mass is 534 g/mol. The second kappa shape index (κ2) is 12.4. The summed E-state index contributed by atoms with van der Waals surface area (Å²) in [5, 5.41) is 12.1. The molecule has 1 heterocycles. The first-order valence-electron chi connectivity index (χ1n) is 13.8. The van der Waals surface area contributed by atoms with E-state index >= 15 is 0 Å². The van der Waals surface area contributed by atoms with E-state index in [1.54, 1.807) is 6.07 Å². The summed E-state index contributed by atoms with van der Waals surface area (Å²) in [6, 6.07) is 12.2. The molecule has 0 bridgehead atoms. The van der Waals surface area contributed by atoms with Crippen LogP contribution in [0.1, 0.15) is 80.8 Å². The highest BCUT2D eigenvalue weighted by Crippen LogP contribution is 2.26. The highest BCUT2D eigenvalue weighted by molar-refractivity contribution is 6.00. The molecule has 3 atom stereocenters. The normalized spacial score (nSPS) is 18.3. The molecule has 0 unspecified atom stereocenters. The van der Waals surface area contributed by atoms with E-state index < -0.39 is 23.5 Å². The molecular formula is C30H38N4O5. The molecule has 0 saturated heterocycles. The number of nitrogens with one attached hydrogen (secondary N) is 2. The zero-order valence-corrected chi connectivity index (χ0v) is 23.1. The van der Waals surface area contributed by atoms with Crippen LogP contribution in [0.25, 0.3) is 10.8 Å². The van der Waals surface area contributed by atoms with Crippen molar-refractivity contribution in [1.82, 2.24) is 20.4 Å². The molecule has 1 fully saturated rings. The van der Waals surface area contributed by atoms with Crippen LogP contribution in [0.5, 0.6) is 0 Å². The van der Waals surface area contributed by atoms with Crippen LogP contribution >= 0.6 is 0 Å². The Labute approximate surface area is 228 Å². The quantitative estimate of drug-likeness (QED) is 0.373. The highest BCUT2D eigenvalue weighted by atomic mass is 16.4. The summed E-state index contributed by atoms with van der Waals surface area (Å²) in [5.41, 5.74) is 0.540. The molecule has 9 heteroatoms. The molecule has 2 aromatic carbocycles. The predicted octanol–water partition coefficient (Wildman–Crippen LogP) is 4.35. The fraction of sp³-hybridized carbons (Fsp3) is 0.500. The van der Waals surface area contributed by atoms with Crippen molar-refractivity contribution in [3.05, 3.63) is 64.5 Å². The van der Waals surface area contributed by atoms with Gasteiger partial charge in [-0.3, -0.25) is 14.4 Å². The number of Topliss-reactive ketones (excluding diaryl/α,β-unsaturated/α-hetero) is 1. The maximum absolute atomic E-state index is 13.5. The first-order chi connectivity index (χ1) is 18.6. The first kappa shape index (κ1) is 28.3. The number of amides is 2. The Bertz CT molecular complexity index is 1390. The zero-order chi connectivity index (χ0) is 28.1. The van der Waals surface area contributed by atoms with Crippen LogP contribution in [0.2, 0.25) is 0 Å². The summed E-state index contributed by atoms with van der Waals surface area (Å²) >= 11 is 0. The molecule has 1 aromatic heterocycles. The van der Waals surface area contributed by atoms with Crippen LogP contribution in [0.15, 0.2) is 51.7 Å². The van der Waals surface area contributed by atoms with E-state index in [4.69, 9.17) is 4.42 Å². The predicted molar refractivity (Wildman–Crippen MR) is 148 cm³/mol. The smallest absolute Gasteiger partial charge is 0.384 e. The number of hydrogen-bond acceptors (Lipinski definition) is 6. The lowest BCUT2D eigenvalue weighted by Crippen LogP contribution is -2.52. The SMILES string of the molecule is CC(C)C[C@H](NC(=O)[C@@H]1CCCC[C@@H]1NC(=O)c1ccc2ccccc2c1)C(=O)c1nn(CC(C)C)c(=O)o1. The third-order valence-corrected chi connectivity index (χ3v) is 7.13. The summed E-state index contributed by atoms with van der Waals surface area (Å²) in [6.45, 7) is 8.10. The van der Waals surface area contributed by atoms with E-state index in [1.165, 1.54) is 0 Å². The Morgan fingerprint density at radius 3 is 2.44 bits per heavy atom. The van der Waals surface area contributed by atoms with Gasteiger partial charge in [0, 0.05) is 11.6 Å². The molecule has 2 N–H and O–H groups in total. The van der Waals surface area contributed by atoms with E-state index in [-0.39, 0.29) is 35.6 Å². The van der Waals surface area contributed by atoms with Crippen molar-refractivity contribution in [1.29, 1.82) is 0 Å². The minimum Gasteiger partial charge on any atom is -0.384 e. The molecule has 3 aromatic rings. The van der Waals surface area contributed by atoms with Gasteiger partial charge in [-0.2, -0.15) is 4.68 Å². The van der Waals surface area contributed by atoms with Crippen LogP contribution in [-0.4, -0.2) is 39.5 Å². The Hall–Kier alpha value is -3.75. The lowest BCUT2D eigenvalue weighted by molar-refractivity contribution is -0.127. The van der Waals surface area contributed by atoms with Crippen LogP contribution in [0.4, 0.5) is 0 Å². The Balaban J connectivity index is 1.48. The summed E-state index contributed by atoms with van der Waals surface area (Å²) in [7, 11) is 0. The van der Waals surface area contributed by atoms with Gasteiger partial charge < -0.3 is 15.1 Å². The number of benzene rings is 2. The van der Waals surface area contributed by atoms with Crippen molar-refractivity contribution in [3.63, 3.8) is 0 Å². The summed E-state index contributed by atoms with van der Waals surface area (Å²) < 4.78 is 6.30. The van der Waals surface area contributed by atoms with E-state index in [9.17, 15) is 19.2 Å². The van der Waals surface area contributed by atoms with Gasteiger partial charge in [-0.05, 0) is 54.0 Å². The molecule has 1 saturated carbocycles. The van der Waals surface area contributed by atoms with Crippen molar-refractivity contribution < 1.29 is 18.8 Å². The van der Waals surface area contributed by atoms with Gasteiger partial charge in [0.1, 0.15) is 0 Å². The fourth-order valence-electron chi connectivity index (χ4n) is 5.20. The average molecular weight is 535 g/mol. The highest BCUT2D eigenvalue weighted by Gasteiger charge is 2.36. The van der Waals surface area contributed by atoms with Crippen molar-refractivity contribution in [2.45, 2.75) is 78.4 Å². The van der Waals surface area contributed by atoms with Gasteiger partial charge in [0.05, 0.1) is 18.5 Å². The van der Waals surface area contributed by atoms with Crippen LogP contribution in [-0.2, 0) is 11.3 Å². The molecule has 1 aliphatic carbocycles. The van der Waals surface area contributed by atoms with Gasteiger partial charge in [0.25, 0.3) is 11.8 Å². The largest absolute Gasteiger partial charge is 0.437 e. The molecular weight excluding hydrogens is 496 g/mol. The second-order valence-electron chi connectivity index (χ2n) is 11.3. The number of carbonyl (C=O) groups excluding carboxylic acids is 3. The molecule has 9 nitrogen and oxygen atoms in total. The lowest BCUT2D eigenvalue weighted by atomic mass is 9.83. The van der Waals surface area contributed by atoms with Gasteiger partial charge in [0.15, 0.2) is 0 Å². The number of rotatable bonds is 10. The molecule has 0 aliphatic heterocycles. The van der Waals surface area contributed by atoms with Crippen LogP contribution in [0.3, 0.4) is 0 Å². The van der Waals surface area contributed by atoms with Gasteiger partial charge in [0.2, 0.25) is 11.7 Å². The number of ketones is 1. The van der Waals surface area contributed by atoms with Crippen molar-refractivity contribution >= 4 is 28.4 Å². The molecule has 2 amide bonds. The maximum atomic E-state index is 13.5. The van der Waals surface area contributed by atoms with Crippen molar-refractivity contribution in [3.8, 4) is 0 Å². The average Bonchev–Trinajstić information content (AvgIpc) is 3.26. The van der Waals surface area contributed by atoms with E-state index in [1.807, 2.05) is 64.1 Å². The molecule has 39 heavy (non-hydrogen) atoms. The Morgan fingerprint density at radius 1 is 1.00 bits per heavy atom. The fourth-order valence-corrected chi connectivity index (χ4v) is 5.20. The van der Waals surface area contributed by atoms with Gasteiger partial charge in [-0.1, -0.05) is 70.9 Å².